The fraction of sp³-hybridized carbons (Fsp3) is 0.417. The minimum Gasteiger partial charge on any atom is -0.497 e. The molecular weight excluding hydrogens is 378 g/mol. The lowest BCUT2D eigenvalue weighted by atomic mass is 10.0. The topological polar surface area (TPSA) is 56.6 Å². The van der Waals surface area contributed by atoms with Crippen LogP contribution in [0.5, 0.6) is 11.5 Å². The number of hydrogen-bond acceptors (Lipinski definition) is 4. The van der Waals surface area contributed by atoms with E-state index in [4.69, 9.17) is 9.47 Å². The van der Waals surface area contributed by atoms with Gasteiger partial charge in [-0.05, 0) is 44.0 Å². The van der Waals surface area contributed by atoms with Gasteiger partial charge in [-0.25, -0.2) is 4.98 Å². The summed E-state index contributed by atoms with van der Waals surface area (Å²) in [5, 5.41) is 0. The van der Waals surface area contributed by atoms with E-state index in [0.29, 0.717) is 6.54 Å². The molecule has 1 aliphatic heterocycles. The van der Waals surface area contributed by atoms with Crippen molar-refractivity contribution in [2.75, 3.05) is 20.8 Å². The minimum atomic E-state index is -0.147. The van der Waals surface area contributed by atoms with Crippen LogP contribution in [0.25, 0.3) is 11.0 Å². The second-order valence-electron chi connectivity index (χ2n) is 7.96. The summed E-state index contributed by atoms with van der Waals surface area (Å²) in [6.45, 7) is 5.40. The summed E-state index contributed by atoms with van der Waals surface area (Å²) in [6, 6.07) is 14.0. The van der Waals surface area contributed by atoms with Crippen molar-refractivity contribution in [3.63, 3.8) is 0 Å². The molecule has 158 valence electrons. The zero-order valence-electron chi connectivity index (χ0n) is 18.1. The third-order valence-corrected chi connectivity index (χ3v) is 6.06. The first kappa shape index (κ1) is 20.3. The van der Waals surface area contributed by atoms with Crippen LogP contribution < -0.4 is 9.47 Å². The van der Waals surface area contributed by atoms with Crippen LogP contribution in [-0.2, 0) is 11.3 Å². The van der Waals surface area contributed by atoms with E-state index in [9.17, 15) is 4.79 Å². The third kappa shape index (κ3) is 3.62. The summed E-state index contributed by atoms with van der Waals surface area (Å²) in [5.74, 6) is 2.48. The first-order chi connectivity index (χ1) is 14.5. The second kappa shape index (κ2) is 8.38. The number of para-hydroxylation sites is 2. The maximum atomic E-state index is 13.5. The Labute approximate surface area is 177 Å². The minimum absolute atomic E-state index is 0.0291. The number of fused-ring (bicyclic) bond motifs is 1. The number of carbonyl (C=O) groups excluding carboxylic acids is 1. The Hall–Kier alpha value is -3.02. The van der Waals surface area contributed by atoms with E-state index in [1.807, 2.05) is 55.1 Å². The fourth-order valence-electron chi connectivity index (χ4n) is 4.51. The first-order valence-corrected chi connectivity index (χ1v) is 10.5. The molecule has 1 aromatic heterocycles. The highest BCUT2D eigenvalue weighted by Crippen LogP contribution is 2.39. The van der Waals surface area contributed by atoms with Crippen LogP contribution in [0.4, 0.5) is 0 Å². The zero-order valence-corrected chi connectivity index (χ0v) is 18.1. The summed E-state index contributed by atoms with van der Waals surface area (Å²) < 4.78 is 13.1. The number of rotatable bonds is 6. The van der Waals surface area contributed by atoms with Crippen molar-refractivity contribution in [1.29, 1.82) is 0 Å². The molecule has 1 saturated heterocycles. The predicted octanol–water partition coefficient (Wildman–Crippen LogP) is 4.36. The lowest BCUT2D eigenvalue weighted by Gasteiger charge is -2.29. The molecule has 0 bridgehead atoms. The molecule has 3 aromatic rings. The van der Waals surface area contributed by atoms with Crippen LogP contribution in [0.3, 0.4) is 0 Å². The van der Waals surface area contributed by atoms with Gasteiger partial charge in [-0.15, -0.1) is 0 Å². The van der Waals surface area contributed by atoms with Gasteiger partial charge in [0.15, 0.2) is 0 Å². The number of benzene rings is 2. The molecule has 1 aliphatic rings. The Balaban J connectivity index is 1.57. The van der Waals surface area contributed by atoms with Crippen molar-refractivity contribution in [3.8, 4) is 11.5 Å². The molecule has 0 saturated carbocycles. The van der Waals surface area contributed by atoms with Gasteiger partial charge >= 0.3 is 0 Å². The van der Waals surface area contributed by atoms with Crippen molar-refractivity contribution in [2.45, 2.75) is 39.3 Å². The maximum absolute atomic E-state index is 13.5. The lowest BCUT2D eigenvalue weighted by molar-refractivity contribution is -0.136. The van der Waals surface area contributed by atoms with E-state index in [1.165, 1.54) is 0 Å². The van der Waals surface area contributed by atoms with Crippen molar-refractivity contribution < 1.29 is 14.3 Å². The highest BCUT2D eigenvalue weighted by Gasteiger charge is 2.34. The third-order valence-electron chi connectivity index (χ3n) is 6.06. The Bertz CT molecular complexity index is 1060. The van der Waals surface area contributed by atoms with Crippen LogP contribution >= 0.6 is 0 Å². The lowest BCUT2D eigenvalue weighted by Crippen LogP contribution is -2.36. The highest BCUT2D eigenvalue weighted by atomic mass is 16.5. The Morgan fingerprint density at radius 3 is 2.77 bits per heavy atom. The number of aromatic nitrogens is 2. The monoisotopic (exact) mass is 407 g/mol. The van der Waals surface area contributed by atoms with Crippen LogP contribution in [0.15, 0.2) is 42.5 Å². The summed E-state index contributed by atoms with van der Waals surface area (Å²) in [6.07, 6.45) is 1.93. The smallest absolute Gasteiger partial charge is 0.227 e. The van der Waals surface area contributed by atoms with Crippen LogP contribution in [0, 0.1) is 12.8 Å². The molecular formula is C24H29N3O3. The predicted molar refractivity (Wildman–Crippen MR) is 117 cm³/mol. The van der Waals surface area contributed by atoms with Crippen molar-refractivity contribution in [3.05, 3.63) is 53.9 Å². The number of hydrogen-bond donors (Lipinski definition) is 0. The van der Waals surface area contributed by atoms with Crippen LogP contribution in [0.1, 0.15) is 37.2 Å². The molecule has 6 nitrogen and oxygen atoms in total. The molecule has 1 amide bonds. The average Bonchev–Trinajstić information content (AvgIpc) is 3.37. The summed E-state index contributed by atoms with van der Waals surface area (Å²) in [4.78, 5) is 20.1. The molecule has 4 rings (SSSR count). The highest BCUT2D eigenvalue weighted by molar-refractivity contribution is 5.80. The van der Waals surface area contributed by atoms with Gasteiger partial charge in [0.05, 0.1) is 37.2 Å². The number of nitrogens with zero attached hydrogens (tertiary/aromatic N) is 3. The molecule has 0 aliphatic carbocycles. The van der Waals surface area contributed by atoms with Crippen LogP contribution in [-0.4, -0.2) is 41.1 Å². The molecule has 0 unspecified atom stereocenters. The van der Waals surface area contributed by atoms with Crippen molar-refractivity contribution in [1.82, 2.24) is 14.5 Å². The summed E-state index contributed by atoms with van der Waals surface area (Å²) >= 11 is 0. The molecule has 2 aromatic carbocycles. The van der Waals surface area contributed by atoms with E-state index < -0.39 is 0 Å². The fourth-order valence-corrected chi connectivity index (χ4v) is 4.51. The SMILES string of the molecule is COc1ccc([C@H]2CCCN2C(=O)[C@H](C)Cn2c(C)nc3ccccc32)c(OC)c1. The van der Waals surface area contributed by atoms with E-state index in [1.54, 1.807) is 14.2 Å². The number of carbonyl (C=O) groups is 1. The molecule has 0 N–H and O–H groups in total. The Kier molecular flexibility index (Phi) is 5.66. The quantitative estimate of drug-likeness (QED) is 0.609. The van der Waals surface area contributed by atoms with E-state index in [0.717, 1.165) is 53.3 Å². The molecule has 0 radical (unpaired) electrons. The molecule has 2 atom stereocenters. The average molecular weight is 408 g/mol. The van der Waals surface area contributed by atoms with Gasteiger partial charge in [0.2, 0.25) is 5.91 Å². The zero-order chi connectivity index (χ0) is 21.3. The standard InChI is InChI=1S/C24H29N3O3/c1-16(15-27-17(2)25-20-8-5-6-9-22(20)27)24(28)26-13-7-10-21(26)19-12-11-18(29-3)14-23(19)30-4/h5-6,8-9,11-12,14,16,21H,7,10,13,15H2,1-4H3/t16-,21-/m1/s1. The van der Waals surface area contributed by atoms with Gasteiger partial charge in [-0.3, -0.25) is 4.79 Å². The molecule has 2 heterocycles. The van der Waals surface area contributed by atoms with E-state index in [-0.39, 0.29) is 17.9 Å². The van der Waals surface area contributed by atoms with Crippen molar-refractivity contribution >= 4 is 16.9 Å². The van der Waals surface area contributed by atoms with E-state index in [2.05, 4.69) is 15.6 Å². The van der Waals surface area contributed by atoms with Gasteiger partial charge in [-0.1, -0.05) is 19.1 Å². The van der Waals surface area contributed by atoms with Gasteiger partial charge in [0.25, 0.3) is 0 Å². The van der Waals surface area contributed by atoms with Gasteiger partial charge in [0.1, 0.15) is 17.3 Å². The largest absolute Gasteiger partial charge is 0.497 e. The first-order valence-electron chi connectivity index (χ1n) is 10.5. The number of ether oxygens (including phenoxy) is 2. The molecule has 0 spiro atoms. The second-order valence-corrected chi connectivity index (χ2v) is 7.96. The van der Waals surface area contributed by atoms with Crippen LogP contribution in [0.2, 0.25) is 0 Å². The van der Waals surface area contributed by atoms with Gasteiger partial charge < -0.3 is 18.9 Å². The number of imidazole rings is 1. The normalized spacial score (nSPS) is 17.3. The number of aryl methyl sites for hydroxylation is 1. The number of amides is 1. The molecule has 30 heavy (non-hydrogen) atoms. The Morgan fingerprint density at radius 2 is 2.00 bits per heavy atom. The van der Waals surface area contributed by atoms with E-state index >= 15 is 0 Å². The summed E-state index contributed by atoms with van der Waals surface area (Å²) in [7, 11) is 3.30. The number of methoxy groups -OCH3 is 2. The number of likely N-dealkylation sites (tertiary alicyclic amines) is 1. The van der Waals surface area contributed by atoms with Gasteiger partial charge in [0, 0.05) is 24.7 Å². The Morgan fingerprint density at radius 1 is 1.20 bits per heavy atom. The summed E-state index contributed by atoms with van der Waals surface area (Å²) in [5.41, 5.74) is 3.08. The molecule has 1 fully saturated rings. The molecule has 6 heteroatoms. The van der Waals surface area contributed by atoms with Gasteiger partial charge in [-0.2, -0.15) is 0 Å². The maximum Gasteiger partial charge on any atom is 0.227 e. The van der Waals surface area contributed by atoms with Crippen molar-refractivity contribution in [2.24, 2.45) is 5.92 Å².